The molecule has 1 aromatic rings. The Balaban J connectivity index is 1.48. The highest BCUT2D eigenvalue weighted by Gasteiger charge is 2.52. The first-order valence-corrected chi connectivity index (χ1v) is 9.58. The fourth-order valence-electron chi connectivity index (χ4n) is 3.79. The molecule has 2 fully saturated rings. The van der Waals surface area contributed by atoms with Gasteiger partial charge in [-0.3, -0.25) is 14.5 Å². The van der Waals surface area contributed by atoms with Gasteiger partial charge in [0, 0.05) is 25.8 Å². The number of likely N-dealkylation sites (N-methyl/N-ethyl adjacent to an activating group) is 1. The van der Waals surface area contributed by atoms with Crippen LogP contribution >= 0.6 is 0 Å². The third-order valence-electron chi connectivity index (χ3n) is 5.64. The lowest BCUT2D eigenvalue weighted by Crippen LogP contribution is -2.50. The summed E-state index contributed by atoms with van der Waals surface area (Å²) in [6.45, 7) is 3.01. The molecule has 4 amide bonds. The molecule has 3 rings (SSSR count). The van der Waals surface area contributed by atoms with E-state index in [2.05, 4.69) is 17.6 Å². The van der Waals surface area contributed by atoms with Crippen molar-refractivity contribution in [1.82, 2.24) is 15.5 Å². The fourth-order valence-corrected chi connectivity index (χ4v) is 3.79. The number of para-hydroxylation sites is 1. The van der Waals surface area contributed by atoms with Gasteiger partial charge in [0.05, 0.1) is 0 Å². The minimum absolute atomic E-state index is 0.225. The molecule has 1 aliphatic carbocycles. The van der Waals surface area contributed by atoms with Crippen LogP contribution in [0.25, 0.3) is 0 Å². The number of nitrogens with one attached hydrogen (secondary N) is 2. The highest BCUT2D eigenvalue weighted by atomic mass is 16.2. The topological polar surface area (TPSA) is 81.8 Å². The summed E-state index contributed by atoms with van der Waals surface area (Å²) < 4.78 is 0. The highest BCUT2D eigenvalue weighted by Crippen LogP contribution is 2.36. The van der Waals surface area contributed by atoms with Gasteiger partial charge in [0.2, 0.25) is 5.91 Å². The van der Waals surface area contributed by atoms with Crippen molar-refractivity contribution in [2.45, 2.75) is 38.1 Å². The van der Waals surface area contributed by atoms with Crippen LogP contribution in [0.5, 0.6) is 0 Å². The maximum atomic E-state index is 12.8. The highest BCUT2D eigenvalue weighted by molar-refractivity contribution is 6.09. The number of hydrogen-bond acceptors (Lipinski definition) is 4. The van der Waals surface area contributed by atoms with Crippen LogP contribution in [0, 0.1) is 5.92 Å². The number of anilines is 1. The maximum Gasteiger partial charge on any atom is 0.325 e. The van der Waals surface area contributed by atoms with Gasteiger partial charge in [-0.25, -0.2) is 4.79 Å². The second kappa shape index (κ2) is 7.98. The fraction of sp³-hybridized carbons (Fsp3) is 0.550. The Morgan fingerprint density at radius 3 is 2.59 bits per heavy atom. The van der Waals surface area contributed by atoms with Crippen LogP contribution in [-0.2, 0) is 9.59 Å². The third-order valence-corrected chi connectivity index (χ3v) is 5.64. The first-order chi connectivity index (χ1) is 12.9. The zero-order chi connectivity index (χ0) is 19.4. The molecule has 1 saturated carbocycles. The molecule has 27 heavy (non-hydrogen) atoms. The molecule has 1 heterocycles. The summed E-state index contributed by atoms with van der Waals surface area (Å²) in [7, 11) is 1.95. The van der Waals surface area contributed by atoms with Crippen molar-refractivity contribution in [3.05, 3.63) is 30.3 Å². The number of benzene rings is 1. The van der Waals surface area contributed by atoms with Crippen molar-refractivity contribution in [1.29, 1.82) is 0 Å². The number of nitrogens with zero attached hydrogens (tertiary/aromatic N) is 2. The van der Waals surface area contributed by atoms with Gasteiger partial charge in [-0.15, -0.1) is 0 Å². The lowest BCUT2D eigenvalue weighted by atomic mass is 9.77. The summed E-state index contributed by atoms with van der Waals surface area (Å²) in [5.74, 6) is -0.00331. The van der Waals surface area contributed by atoms with E-state index in [-0.39, 0.29) is 18.4 Å². The molecule has 0 unspecified atom stereocenters. The standard InChI is InChI=1S/C20H28N4O3/c1-15-8-10-20(11-9-15)18(26)24(19(27)22-20)14-17(25)21-12-13-23(2)16-6-4-3-5-7-16/h3-7,15H,8-14H2,1-2H3,(H,21,25)(H,22,27). The summed E-state index contributed by atoms with van der Waals surface area (Å²) in [4.78, 5) is 40.3. The van der Waals surface area contributed by atoms with E-state index >= 15 is 0 Å². The predicted molar refractivity (Wildman–Crippen MR) is 103 cm³/mol. The number of carbonyl (C=O) groups is 3. The summed E-state index contributed by atoms with van der Waals surface area (Å²) in [6.07, 6.45) is 3.13. The Morgan fingerprint density at radius 2 is 1.93 bits per heavy atom. The van der Waals surface area contributed by atoms with E-state index in [1.165, 1.54) is 0 Å². The lowest BCUT2D eigenvalue weighted by Gasteiger charge is -2.33. The molecular formula is C20H28N4O3. The molecule has 0 bridgehead atoms. The van der Waals surface area contributed by atoms with E-state index < -0.39 is 11.6 Å². The molecule has 7 heteroatoms. The van der Waals surface area contributed by atoms with Crippen LogP contribution in [0.2, 0.25) is 0 Å². The summed E-state index contributed by atoms with van der Waals surface area (Å²) >= 11 is 0. The van der Waals surface area contributed by atoms with Gasteiger partial charge in [-0.05, 0) is 43.7 Å². The Kier molecular flexibility index (Phi) is 5.68. The Labute approximate surface area is 160 Å². The Hall–Kier alpha value is -2.57. The van der Waals surface area contributed by atoms with Gasteiger partial charge in [-0.2, -0.15) is 0 Å². The first-order valence-electron chi connectivity index (χ1n) is 9.58. The number of amides is 4. The molecule has 2 aliphatic rings. The molecular weight excluding hydrogens is 344 g/mol. The van der Waals surface area contributed by atoms with Gasteiger partial charge >= 0.3 is 6.03 Å². The second-order valence-electron chi connectivity index (χ2n) is 7.69. The van der Waals surface area contributed by atoms with Gasteiger partial charge < -0.3 is 15.5 Å². The average molecular weight is 372 g/mol. The molecule has 1 spiro atoms. The minimum atomic E-state index is -0.794. The van der Waals surface area contributed by atoms with E-state index in [1.54, 1.807) is 0 Å². The first kappa shape index (κ1) is 19.2. The molecule has 146 valence electrons. The second-order valence-corrected chi connectivity index (χ2v) is 7.69. The number of imide groups is 1. The van der Waals surface area contributed by atoms with Gasteiger partial charge in [-0.1, -0.05) is 25.1 Å². The van der Waals surface area contributed by atoms with Crippen LogP contribution in [0.15, 0.2) is 30.3 Å². The molecule has 1 aromatic carbocycles. The predicted octanol–water partition coefficient (Wildman–Crippen LogP) is 1.74. The molecule has 0 atom stereocenters. The third kappa shape index (κ3) is 4.23. The molecule has 1 saturated heterocycles. The van der Waals surface area contributed by atoms with Crippen molar-refractivity contribution in [3.63, 3.8) is 0 Å². The monoisotopic (exact) mass is 372 g/mol. The van der Waals surface area contributed by atoms with E-state index in [0.29, 0.717) is 31.8 Å². The van der Waals surface area contributed by atoms with Crippen LogP contribution in [0.4, 0.5) is 10.5 Å². The van der Waals surface area contributed by atoms with Crippen molar-refractivity contribution in [3.8, 4) is 0 Å². The Morgan fingerprint density at radius 1 is 1.26 bits per heavy atom. The molecule has 7 nitrogen and oxygen atoms in total. The number of urea groups is 1. The maximum absolute atomic E-state index is 12.8. The number of rotatable bonds is 6. The largest absolute Gasteiger partial charge is 0.373 e. The van der Waals surface area contributed by atoms with Crippen molar-refractivity contribution in [2.24, 2.45) is 5.92 Å². The average Bonchev–Trinajstić information content (AvgIpc) is 2.89. The zero-order valence-electron chi connectivity index (χ0n) is 16.0. The van der Waals surface area contributed by atoms with Gasteiger partial charge in [0.15, 0.2) is 0 Å². The van der Waals surface area contributed by atoms with Crippen molar-refractivity contribution in [2.75, 3.05) is 31.6 Å². The molecule has 1 aliphatic heterocycles. The normalized spacial score (nSPS) is 24.8. The van der Waals surface area contributed by atoms with Gasteiger partial charge in [0.25, 0.3) is 5.91 Å². The van der Waals surface area contributed by atoms with E-state index in [1.807, 2.05) is 42.3 Å². The molecule has 0 radical (unpaired) electrons. The summed E-state index contributed by atoms with van der Waals surface area (Å²) in [5, 5.41) is 5.64. The lowest BCUT2D eigenvalue weighted by molar-refractivity contribution is -0.136. The zero-order valence-corrected chi connectivity index (χ0v) is 16.0. The quantitative estimate of drug-likeness (QED) is 0.746. The smallest absolute Gasteiger partial charge is 0.325 e. The van der Waals surface area contributed by atoms with Crippen molar-refractivity contribution < 1.29 is 14.4 Å². The number of carbonyl (C=O) groups excluding carboxylic acids is 3. The van der Waals surface area contributed by atoms with Crippen LogP contribution in [0.1, 0.15) is 32.6 Å². The van der Waals surface area contributed by atoms with Crippen LogP contribution in [-0.4, -0.2) is 55.0 Å². The number of hydrogen-bond donors (Lipinski definition) is 2. The minimum Gasteiger partial charge on any atom is -0.373 e. The van der Waals surface area contributed by atoms with E-state index in [9.17, 15) is 14.4 Å². The molecule has 0 aromatic heterocycles. The Bertz CT molecular complexity index is 698. The van der Waals surface area contributed by atoms with Crippen LogP contribution in [0.3, 0.4) is 0 Å². The molecule has 2 N–H and O–H groups in total. The van der Waals surface area contributed by atoms with E-state index in [4.69, 9.17) is 0 Å². The van der Waals surface area contributed by atoms with Crippen molar-refractivity contribution >= 4 is 23.5 Å². The van der Waals surface area contributed by atoms with Gasteiger partial charge in [0.1, 0.15) is 12.1 Å². The van der Waals surface area contributed by atoms with E-state index in [0.717, 1.165) is 23.4 Å². The van der Waals surface area contributed by atoms with Crippen LogP contribution < -0.4 is 15.5 Å². The summed E-state index contributed by atoms with van der Waals surface area (Å²) in [5.41, 5.74) is 0.270. The summed E-state index contributed by atoms with van der Waals surface area (Å²) in [6, 6.07) is 9.43. The SMILES string of the molecule is CC1CCC2(CC1)NC(=O)N(CC(=O)NCCN(C)c1ccccc1)C2=O.